The highest BCUT2D eigenvalue weighted by atomic mass is 16.7. The Balaban J connectivity index is 1.93. The van der Waals surface area contributed by atoms with Crippen LogP contribution in [-0.2, 0) is 0 Å². The van der Waals surface area contributed by atoms with Crippen LogP contribution < -0.4 is 0 Å². The molecule has 0 aliphatic carbocycles. The Kier molecular flexibility index (Phi) is 5.54. The standard InChI is InChI=1S/C30H20N4O4/c35-33(36)31-27(23-17-9-3-10-18-23)25(21-13-5-1-6-14-21)29-30(31)26(22-15-7-2-8-16-22)28(32(29)34(37)38)24-19-11-4-12-20-24/h1-20H. The lowest BCUT2D eigenvalue weighted by atomic mass is 10.00. The maximum Gasteiger partial charge on any atom is 0.170 e. The van der Waals surface area contributed by atoms with Crippen molar-refractivity contribution in [1.82, 2.24) is 9.35 Å². The molecule has 4 aromatic carbocycles. The van der Waals surface area contributed by atoms with E-state index >= 15 is 0 Å². The van der Waals surface area contributed by atoms with Gasteiger partial charge in [-0.2, -0.15) is 0 Å². The van der Waals surface area contributed by atoms with Crippen molar-refractivity contribution < 1.29 is 10.1 Å². The summed E-state index contributed by atoms with van der Waals surface area (Å²) in [7, 11) is 0. The van der Waals surface area contributed by atoms with Crippen LogP contribution >= 0.6 is 0 Å². The Bertz CT molecular complexity index is 1660. The van der Waals surface area contributed by atoms with E-state index in [1.54, 1.807) is 48.5 Å². The van der Waals surface area contributed by atoms with Crippen molar-refractivity contribution >= 4 is 11.0 Å². The van der Waals surface area contributed by atoms with Gasteiger partial charge in [0.15, 0.2) is 21.1 Å². The summed E-state index contributed by atoms with van der Waals surface area (Å²) in [5.74, 6) is 0. The minimum atomic E-state index is -0.497. The minimum absolute atomic E-state index is 0.162. The Morgan fingerprint density at radius 2 is 0.684 bits per heavy atom. The predicted octanol–water partition coefficient (Wildman–Crippen LogP) is 7.19. The number of nitro groups is 2. The lowest BCUT2D eigenvalue weighted by Gasteiger charge is -2.10. The van der Waals surface area contributed by atoms with Gasteiger partial charge in [0.1, 0.15) is 11.4 Å². The fourth-order valence-electron chi connectivity index (χ4n) is 5.12. The number of fused-ring (bicyclic) bond motifs is 1. The van der Waals surface area contributed by atoms with Crippen LogP contribution in [0.5, 0.6) is 0 Å². The number of hydrogen-bond acceptors (Lipinski definition) is 4. The average molecular weight is 501 g/mol. The number of benzene rings is 4. The van der Waals surface area contributed by atoms with E-state index in [0.717, 1.165) is 9.35 Å². The number of rotatable bonds is 6. The van der Waals surface area contributed by atoms with Gasteiger partial charge < -0.3 is 0 Å². The molecule has 0 amide bonds. The van der Waals surface area contributed by atoms with Crippen LogP contribution in [0.4, 0.5) is 0 Å². The number of hydrogen-bond donors (Lipinski definition) is 0. The second-order valence-electron chi connectivity index (χ2n) is 8.71. The second-order valence-corrected chi connectivity index (χ2v) is 8.71. The quantitative estimate of drug-likeness (QED) is 0.179. The van der Waals surface area contributed by atoms with Crippen LogP contribution in [0.25, 0.3) is 55.8 Å². The molecule has 0 radical (unpaired) electrons. The van der Waals surface area contributed by atoms with Crippen LogP contribution in [0.3, 0.4) is 0 Å². The molecule has 8 heteroatoms. The molecule has 0 saturated heterocycles. The lowest BCUT2D eigenvalue weighted by Crippen LogP contribution is -2.11. The molecule has 0 aliphatic heterocycles. The fourth-order valence-corrected chi connectivity index (χ4v) is 5.12. The van der Waals surface area contributed by atoms with Crippen LogP contribution in [0.15, 0.2) is 121 Å². The van der Waals surface area contributed by atoms with Gasteiger partial charge in [-0.25, -0.2) is 20.2 Å². The van der Waals surface area contributed by atoms with Gasteiger partial charge in [0.2, 0.25) is 0 Å². The molecule has 8 nitrogen and oxygen atoms in total. The molecule has 0 spiro atoms. The van der Waals surface area contributed by atoms with Gasteiger partial charge in [-0.1, -0.05) is 131 Å². The topological polar surface area (TPSA) is 96.1 Å². The van der Waals surface area contributed by atoms with Gasteiger partial charge >= 0.3 is 0 Å². The van der Waals surface area contributed by atoms with Crippen LogP contribution in [0, 0.1) is 20.2 Å². The summed E-state index contributed by atoms with van der Waals surface area (Å²) < 4.78 is 2.00. The first-order valence-corrected chi connectivity index (χ1v) is 11.9. The predicted molar refractivity (Wildman–Crippen MR) is 146 cm³/mol. The van der Waals surface area contributed by atoms with Gasteiger partial charge in [0.05, 0.1) is 0 Å². The summed E-state index contributed by atoms with van der Waals surface area (Å²) in [4.78, 5) is 25.7. The molecule has 0 N–H and O–H groups in total. The molecule has 38 heavy (non-hydrogen) atoms. The van der Waals surface area contributed by atoms with Crippen molar-refractivity contribution in [3.8, 4) is 44.8 Å². The third kappa shape index (κ3) is 3.55. The largest absolute Gasteiger partial charge is 0.234 e. The van der Waals surface area contributed by atoms with E-state index in [-0.39, 0.29) is 22.4 Å². The molecule has 0 fully saturated rings. The summed E-state index contributed by atoms with van der Waals surface area (Å²) in [6.45, 7) is 0. The summed E-state index contributed by atoms with van der Waals surface area (Å²) in [6.07, 6.45) is 0. The summed E-state index contributed by atoms with van der Waals surface area (Å²) in [5.41, 5.74) is 4.14. The van der Waals surface area contributed by atoms with E-state index in [1.807, 2.05) is 72.8 Å². The van der Waals surface area contributed by atoms with E-state index in [9.17, 15) is 20.2 Å². The summed E-state index contributed by atoms with van der Waals surface area (Å²) >= 11 is 0. The Labute approximate surface area is 216 Å². The third-order valence-corrected chi connectivity index (χ3v) is 6.56. The highest BCUT2D eigenvalue weighted by Gasteiger charge is 2.38. The van der Waals surface area contributed by atoms with E-state index in [4.69, 9.17) is 0 Å². The van der Waals surface area contributed by atoms with Gasteiger partial charge in [0, 0.05) is 22.3 Å². The number of nitrogens with zero attached hydrogens (tertiary/aromatic N) is 4. The molecule has 6 rings (SSSR count). The Morgan fingerprint density at radius 3 is 0.947 bits per heavy atom. The summed E-state index contributed by atoms with van der Waals surface area (Å²) in [5, 5.41) is 24.7. The molecular formula is C30H20N4O4. The molecule has 0 unspecified atom stereocenters. The zero-order valence-electron chi connectivity index (χ0n) is 20.0. The van der Waals surface area contributed by atoms with Crippen molar-refractivity contribution in [3.63, 3.8) is 0 Å². The van der Waals surface area contributed by atoms with E-state index < -0.39 is 10.1 Å². The zero-order chi connectivity index (χ0) is 26.2. The molecule has 6 aromatic rings. The first kappa shape index (κ1) is 22.9. The molecule has 0 atom stereocenters. The zero-order valence-corrected chi connectivity index (χ0v) is 20.0. The molecule has 0 saturated carbocycles. The van der Waals surface area contributed by atoms with E-state index in [0.29, 0.717) is 33.4 Å². The molecule has 0 bridgehead atoms. The minimum Gasteiger partial charge on any atom is -0.234 e. The number of aromatic nitrogens is 2. The van der Waals surface area contributed by atoms with Crippen molar-refractivity contribution in [2.45, 2.75) is 0 Å². The fraction of sp³-hybridized carbons (Fsp3) is 0. The highest BCUT2D eigenvalue weighted by molar-refractivity contribution is 6.12. The Hall–Kier alpha value is -5.50. The second kappa shape index (κ2) is 9.18. The van der Waals surface area contributed by atoms with E-state index in [1.165, 1.54) is 0 Å². The maximum atomic E-state index is 12.9. The normalized spacial score (nSPS) is 11.1. The lowest BCUT2D eigenvalue weighted by molar-refractivity contribution is -0.537. The third-order valence-electron chi connectivity index (χ3n) is 6.56. The molecule has 184 valence electrons. The molecule has 2 aromatic heterocycles. The van der Waals surface area contributed by atoms with Crippen molar-refractivity contribution in [3.05, 3.63) is 142 Å². The Morgan fingerprint density at radius 1 is 0.421 bits per heavy atom. The van der Waals surface area contributed by atoms with Crippen molar-refractivity contribution in [2.24, 2.45) is 0 Å². The van der Waals surface area contributed by atoms with Crippen LogP contribution in [-0.4, -0.2) is 19.4 Å². The maximum absolute atomic E-state index is 12.9. The molecule has 0 aliphatic rings. The first-order chi connectivity index (χ1) is 18.6. The van der Waals surface area contributed by atoms with Crippen LogP contribution in [0.2, 0.25) is 0 Å². The molecule has 2 heterocycles. The highest BCUT2D eigenvalue weighted by Crippen LogP contribution is 2.49. The smallest absolute Gasteiger partial charge is 0.170 e. The SMILES string of the molecule is O=[N+]([O-])n1c(-c2ccccc2)c(-c2ccccc2)c2c1c(-c1ccccc1)c(-c1ccccc1)n2[N+](=O)[O-]. The first-order valence-electron chi connectivity index (χ1n) is 11.9. The summed E-state index contributed by atoms with van der Waals surface area (Å²) in [6, 6.07) is 36.1. The van der Waals surface area contributed by atoms with Gasteiger partial charge in [-0.05, 0) is 11.1 Å². The molecular weight excluding hydrogens is 480 g/mol. The van der Waals surface area contributed by atoms with Crippen molar-refractivity contribution in [2.75, 3.05) is 0 Å². The van der Waals surface area contributed by atoms with Gasteiger partial charge in [-0.3, -0.25) is 0 Å². The van der Waals surface area contributed by atoms with Gasteiger partial charge in [0.25, 0.3) is 0 Å². The van der Waals surface area contributed by atoms with E-state index in [2.05, 4.69) is 0 Å². The van der Waals surface area contributed by atoms with Crippen molar-refractivity contribution in [1.29, 1.82) is 0 Å². The average Bonchev–Trinajstić information content (AvgIpc) is 3.48. The van der Waals surface area contributed by atoms with Crippen LogP contribution in [0.1, 0.15) is 0 Å². The monoisotopic (exact) mass is 500 g/mol. The van der Waals surface area contributed by atoms with Gasteiger partial charge in [-0.15, -0.1) is 0 Å².